The van der Waals surface area contributed by atoms with Crippen LogP contribution in [0.1, 0.15) is 41.3 Å². The van der Waals surface area contributed by atoms with Gasteiger partial charge in [-0.05, 0) is 41.3 Å². The smallest absolute Gasteiger partial charge is 0.335 e. The van der Waals surface area contributed by atoms with Crippen molar-refractivity contribution in [1.29, 1.82) is 0 Å². The molecule has 4 heteroatoms. The molecule has 0 atom stereocenters. The number of benzene rings is 2. The van der Waals surface area contributed by atoms with Crippen LogP contribution in [0, 0.1) is 0 Å². The lowest BCUT2D eigenvalue weighted by Gasteiger charge is -2.09. The van der Waals surface area contributed by atoms with E-state index in [1.165, 1.54) is 12.1 Å². The number of carbonyl (C=O) groups is 2. The highest BCUT2D eigenvalue weighted by Crippen LogP contribution is 2.20. The maximum absolute atomic E-state index is 12.0. The average molecular weight is 312 g/mol. The van der Waals surface area contributed by atoms with Gasteiger partial charge in [-0.2, -0.15) is 0 Å². The van der Waals surface area contributed by atoms with Gasteiger partial charge in [-0.3, -0.25) is 4.79 Å². The molecule has 2 rings (SSSR count). The number of aromatic carboxylic acids is 1. The maximum Gasteiger partial charge on any atom is 0.335 e. The fourth-order valence-electron chi connectivity index (χ4n) is 2.22. The summed E-state index contributed by atoms with van der Waals surface area (Å²) in [6.45, 7) is 4.16. The molecular weight excluding hydrogens is 292 g/mol. The van der Waals surface area contributed by atoms with Crippen LogP contribution in [0.4, 0.5) is 0 Å². The Labute approximate surface area is 135 Å². The molecule has 0 bridgehead atoms. The standard InChI is InChI=1S/C19H20O4/c1-13(2)15-6-4-8-18(11-15)23-12-17(20)10-14-5-3-7-16(9-14)19(21)22/h3-9,11,13H,10,12H2,1-2H3,(H,21,22). The third-order valence-corrected chi connectivity index (χ3v) is 3.50. The lowest BCUT2D eigenvalue weighted by molar-refractivity contribution is -0.120. The summed E-state index contributed by atoms with van der Waals surface area (Å²) in [6.07, 6.45) is 0.158. The van der Waals surface area contributed by atoms with Gasteiger partial charge in [0, 0.05) is 6.42 Å². The molecule has 0 amide bonds. The Balaban J connectivity index is 1.94. The topological polar surface area (TPSA) is 63.6 Å². The number of ether oxygens (including phenoxy) is 1. The second kappa shape index (κ2) is 7.58. The van der Waals surface area contributed by atoms with Gasteiger partial charge in [-0.1, -0.05) is 38.1 Å². The largest absolute Gasteiger partial charge is 0.486 e. The van der Waals surface area contributed by atoms with Crippen LogP contribution in [0.5, 0.6) is 5.75 Å². The number of carbonyl (C=O) groups excluding carboxylic acids is 1. The lowest BCUT2D eigenvalue weighted by Crippen LogP contribution is -2.14. The fraction of sp³-hybridized carbons (Fsp3) is 0.263. The van der Waals surface area contributed by atoms with E-state index in [4.69, 9.17) is 9.84 Å². The van der Waals surface area contributed by atoms with Gasteiger partial charge >= 0.3 is 5.97 Å². The van der Waals surface area contributed by atoms with Crippen molar-refractivity contribution in [2.75, 3.05) is 6.61 Å². The van der Waals surface area contributed by atoms with Crippen molar-refractivity contribution in [3.05, 3.63) is 65.2 Å². The van der Waals surface area contributed by atoms with Gasteiger partial charge < -0.3 is 9.84 Å². The highest BCUT2D eigenvalue weighted by Gasteiger charge is 2.09. The second-order valence-corrected chi connectivity index (χ2v) is 5.74. The molecule has 120 valence electrons. The molecule has 0 spiro atoms. The van der Waals surface area contributed by atoms with Gasteiger partial charge in [0.05, 0.1) is 5.56 Å². The summed E-state index contributed by atoms with van der Waals surface area (Å²) in [5.41, 5.74) is 2.01. The SMILES string of the molecule is CC(C)c1cccc(OCC(=O)Cc2cccc(C(=O)O)c2)c1. The normalized spacial score (nSPS) is 10.6. The van der Waals surface area contributed by atoms with E-state index in [1.807, 2.05) is 24.3 Å². The predicted octanol–water partition coefficient (Wildman–Crippen LogP) is 3.70. The quantitative estimate of drug-likeness (QED) is 0.846. The van der Waals surface area contributed by atoms with Crippen LogP contribution in [-0.4, -0.2) is 23.5 Å². The van der Waals surface area contributed by atoms with E-state index in [1.54, 1.807) is 12.1 Å². The van der Waals surface area contributed by atoms with Crippen LogP contribution in [0.3, 0.4) is 0 Å². The van der Waals surface area contributed by atoms with Crippen molar-refractivity contribution in [2.24, 2.45) is 0 Å². The number of rotatable bonds is 7. The summed E-state index contributed by atoms with van der Waals surface area (Å²) in [5.74, 6) is -0.0274. The fourth-order valence-corrected chi connectivity index (χ4v) is 2.22. The summed E-state index contributed by atoms with van der Waals surface area (Å²) >= 11 is 0. The van der Waals surface area contributed by atoms with E-state index < -0.39 is 5.97 Å². The zero-order valence-corrected chi connectivity index (χ0v) is 13.3. The predicted molar refractivity (Wildman–Crippen MR) is 88.1 cm³/mol. The molecule has 0 aliphatic carbocycles. The molecule has 23 heavy (non-hydrogen) atoms. The third kappa shape index (κ3) is 4.95. The lowest BCUT2D eigenvalue weighted by atomic mass is 10.0. The van der Waals surface area contributed by atoms with E-state index in [2.05, 4.69) is 13.8 Å². The number of carboxylic acids is 1. The Morgan fingerprint density at radius 3 is 2.52 bits per heavy atom. The third-order valence-electron chi connectivity index (χ3n) is 3.50. The highest BCUT2D eigenvalue weighted by atomic mass is 16.5. The van der Waals surface area contributed by atoms with Crippen molar-refractivity contribution in [2.45, 2.75) is 26.2 Å². The molecule has 2 aromatic carbocycles. The Morgan fingerprint density at radius 1 is 1.09 bits per heavy atom. The van der Waals surface area contributed by atoms with Crippen molar-refractivity contribution in [1.82, 2.24) is 0 Å². The Bertz CT molecular complexity index is 704. The number of hydrogen-bond donors (Lipinski definition) is 1. The van der Waals surface area contributed by atoms with Crippen molar-refractivity contribution >= 4 is 11.8 Å². The van der Waals surface area contributed by atoms with Crippen LogP contribution < -0.4 is 4.74 Å². The van der Waals surface area contributed by atoms with Gasteiger partial charge in [0.25, 0.3) is 0 Å². The van der Waals surface area contributed by atoms with E-state index in [0.29, 0.717) is 17.2 Å². The van der Waals surface area contributed by atoms with Gasteiger partial charge in [-0.15, -0.1) is 0 Å². The van der Waals surface area contributed by atoms with E-state index in [-0.39, 0.29) is 24.4 Å². The van der Waals surface area contributed by atoms with Gasteiger partial charge in [0.1, 0.15) is 12.4 Å². The molecular formula is C19H20O4. The van der Waals surface area contributed by atoms with Crippen LogP contribution in [-0.2, 0) is 11.2 Å². The first-order chi connectivity index (χ1) is 11.0. The van der Waals surface area contributed by atoms with Crippen LogP contribution >= 0.6 is 0 Å². The molecule has 0 aromatic heterocycles. The minimum absolute atomic E-state index is 0.0289. The molecule has 0 unspecified atom stereocenters. The molecule has 0 fully saturated rings. The minimum atomic E-state index is -0.999. The summed E-state index contributed by atoms with van der Waals surface area (Å²) < 4.78 is 5.54. The molecule has 1 N–H and O–H groups in total. The van der Waals surface area contributed by atoms with E-state index in [0.717, 1.165) is 5.56 Å². The first-order valence-electron chi connectivity index (χ1n) is 7.52. The summed E-state index contributed by atoms with van der Waals surface area (Å²) in [6, 6.07) is 14.1. The van der Waals surface area contributed by atoms with Crippen molar-refractivity contribution < 1.29 is 19.4 Å². The summed E-state index contributed by atoms with van der Waals surface area (Å²) in [5, 5.41) is 8.96. The molecule has 0 saturated heterocycles. The zero-order valence-electron chi connectivity index (χ0n) is 13.3. The summed E-state index contributed by atoms with van der Waals surface area (Å²) in [7, 11) is 0. The Morgan fingerprint density at radius 2 is 1.83 bits per heavy atom. The highest BCUT2D eigenvalue weighted by molar-refractivity contribution is 5.88. The molecule has 0 heterocycles. The van der Waals surface area contributed by atoms with E-state index >= 15 is 0 Å². The zero-order chi connectivity index (χ0) is 16.8. The maximum atomic E-state index is 12.0. The Kier molecular flexibility index (Phi) is 5.52. The molecule has 0 aliphatic heterocycles. The van der Waals surface area contributed by atoms with Crippen molar-refractivity contribution in [3.63, 3.8) is 0 Å². The van der Waals surface area contributed by atoms with Gasteiger partial charge in [0.15, 0.2) is 5.78 Å². The average Bonchev–Trinajstić information content (AvgIpc) is 2.53. The molecule has 0 radical (unpaired) electrons. The number of Topliss-reactive ketones (excluding diaryl/α,β-unsaturated/α-hetero) is 1. The molecule has 2 aromatic rings. The van der Waals surface area contributed by atoms with Crippen LogP contribution in [0.15, 0.2) is 48.5 Å². The Hall–Kier alpha value is -2.62. The molecule has 0 aliphatic rings. The number of hydrogen-bond acceptors (Lipinski definition) is 3. The van der Waals surface area contributed by atoms with Gasteiger partial charge in [-0.25, -0.2) is 4.79 Å². The monoisotopic (exact) mass is 312 g/mol. The summed E-state index contributed by atoms with van der Waals surface area (Å²) in [4.78, 5) is 22.9. The molecule has 0 saturated carbocycles. The second-order valence-electron chi connectivity index (χ2n) is 5.74. The first-order valence-corrected chi connectivity index (χ1v) is 7.52. The van der Waals surface area contributed by atoms with E-state index in [9.17, 15) is 9.59 Å². The van der Waals surface area contributed by atoms with Crippen molar-refractivity contribution in [3.8, 4) is 5.75 Å². The molecule has 4 nitrogen and oxygen atoms in total. The number of ketones is 1. The van der Waals surface area contributed by atoms with Crippen LogP contribution in [0.25, 0.3) is 0 Å². The number of carboxylic acid groups (broad SMARTS) is 1. The van der Waals surface area contributed by atoms with Gasteiger partial charge in [0.2, 0.25) is 0 Å². The minimum Gasteiger partial charge on any atom is -0.486 e. The van der Waals surface area contributed by atoms with Crippen LogP contribution in [0.2, 0.25) is 0 Å². The first kappa shape index (κ1) is 16.7.